The molecular formula is C15H26N2O2. The van der Waals surface area contributed by atoms with Crippen LogP contribution in [0.2, 0.25) is 0 Å². The van der Waals surface area contributed by atoms with E-state index in [1.807, 2.05) is 0 Å². The fraction of sp³-hybridized carbons (Fsp3) is 0.867. The molecule has 0 aliphatic carbocycles. The highest BCUT2D eigenvalue weighted by molar-refractivity contribution is 5.80. The molecule has 4 heteroatoms. The van der Waals surface area contributed by atoms with E-state index in [4.69, 9.17) is 0 Å². The van der Waals surface area contributed by atoms with Crippen molar-refractivity contribution >= 4 is 11.8 Å². The van der Waals surface area contributed by atoms with Gasteiger partial charge < -0.3 is 10.2 Å². The van der Waals surface area contributed by atoms with Crippen LogP contribution in [0.15, 0.2) is 0 Å². The van der Waals surface area contributed by atoms with Gasteiger partial charge in [-0.1, -0.05) is 6.92 Å². The number of hydrogen-bond donors (Lipinski definition) is 1. The molecule has 2 aliphatic rings. The van der Waals surface area contributed by atoms with E-state index in [-0.39, 0.29) is 17.4 Å². The van der Waals surface area contributed by atoms with Gasteiger partial charge in [0.05, 0.1) is 0 Å². The van der Waals surface area contributed by atoms with Crippen LogP contribution in [0.4, 0.5) is 0 Å². The number of carbonyl (C=O) groups is 2. The molecule has 0 radical (unpaired) electrons. The van der Waals surface area contributed by atoms with E-state index in [1.165, 1.54) is 6.42 Å². The Bertz CT molecular complexity index is 356. The van der Waals surface area contributed by atoms with Crippen LogP contribution in [0.5, 0.6) is 0 Å². The average molecular weight is 266 g/mol. The van der Waals surface area contributed by atoms with Crippen molar-refractivity contribution < 1.29 is 9.59 Å². The highest BCUT2D eigenvalue weighted by Gasteiger charge is 2.34. The highest BCUT2D eigenvalue weighted by atomic mass is 16.2. The number of nitrogens with zero attached hydrogens (tertiary/aromatic N) is 1. The first-order chi connectivity index (χ1) is 9.04. The summed E-state index contributed by atoms with van der Waals surface area (Å²) < 4.78 is 0. The number of nitrogens with one attached hydrogen (secondary N) is 1. The van der Waals surface area contributed by atoms with Crippen molar-refractivity contribution in [2.75, 3.05) is 6.54 Å². The van der Waals surface area contributed by atoms with Gasteiger partial charge in [-0.15, -0.1) is 0 Å². The number of amides is 2. The van der Waals surface area contributed by atoms with Gasteiger partial charge in [-0.25, -0.2) is 0 Å². The largest absolute Gasteiger partial charge is 0.351 e. The molecule has 0 aromatic rings. The Morgan fingerprint density at radius 1 is 1.47 bits per heavy atom. The number of hydrogen-bond acceptors (Lipinski definition) is 2. The molecule has 2 rings (SSSR count). The Kier molecular flexibility index (Phi) is 4.48. The first-order valence-corrected chi connectivity index (χ1v) is 7.64. The Hall–Kier alpha value is -1.06. The van der Waals surface area contributed by atoms with Crippen molar-refractivity contribution in [1.29, 1.82) is 0 Å². The van der Waals surface area contributed by atoms with E-state index in [0.717, 1.165) is 38.6 Å². The van der Waals surface area contributed by atoms with Gasteiger partial charge in [0, 0.05) is 31.0 Å². The molecular weight excluding hydrogens is 240 g/mol. The van der Waals surface area contributed by atoms with Crippen molar-refractivity contribution in [3.05, 3.63) is 0 Å². The van der Waals surface area contributed by atoms with E-state index in [2.05, 4.69) is 24.1 Å². The number of piperidine rings is 1. The molecule has 0 bridgehead atoms. The molecule has 2 fully saturated rings. The zero-order valence-electron chi connectivity index (χ0n) is 12.2. The molecule has 108 valence electrons. The minimum absolute atomic E-state index is 0.124. The maximum atomic E-state index is 12.4. The van der Waals surface area contributed by atoms with Crippen LogP contribution >= 0.6 is 0 Å². The lowest BCUT2D eigenvalue weighted by Crippen LogP contribution is -2.45. The second kappa shape index (κ2) is 5.93. The molecule has 2 heterocycles. The molecule has 0 aromatic carbocycles. The Morgan fingerprint density at radius 2 is 2.26 bits per heavy atom. The Balaban J connectivity index is 1.85. The predicted octanol–water partition coefficient (Wildman–Crippen LogP) is 2.23. The van der Waals surface area contributed by atoms with Crippen LogP contribution in [-0.4, -0.2) is 34.8 Å². The standard InChI is InChI=1S/C15H26N2O2/c1-3-12-6-4-5-11-17(12)14(19)8-10-15(2)9-7-13(18)16-15/h12H,3-11H2,1-2H3,(H,16,18). The van der Waals surface area contributed by atoms with Gasteiger partial charge in [0.2, 0.25) is 11.8 Å². The normalized spacial score (nSPS) is 31.4. The molecule has 2 saturated heterocycles. The fourth-order valence-electron chi connectivity index (χ4n) is 3.32. The second-order valence-corrected chi connectivity index (χ2v) is 6.25. The molecule has 2 aliphatic heterocycles. The molecule has 1 N–H and O–H groups in total. The molecule has 19 heavy (non-hydrogen) atoms. The van der Waals surface area contributed by atoms with Gasteiger partial charge in [-0.2, -0.15) is 0 Å². The van der Waals surface area contributed by atoms with Gasteiger partial charge in [0.15, 0.2) is 0 Å². The summed E-state index contributed by atoms with van der Waals surface area (Å²) in [6.07, 6.45) is 7.38. The van der Waals surface area contributed by atoms with Crippen LogP contribution in [0.1, 0.15) is 65.2 Å². The smallest absolute Gasteiger partial charge is 0.222 e. The van der Waals surface area contributed by atoms with Crippen molar-refractivity contribution in [3.63, 3.8) is 0 Å². The first kappa shape index (κ1) is 14.4. The number of carbonyl (C=O) groups excluding carboxylic acids is 2. The van der Waals surface area contributed by atoms with Crippen LogP contribution in [0.3, 0.4) is 0 Å². The third-order valence-electron chi connectivity index (χ3n) is 4.65. The third-order valence-corrected chi connectivity index (χ3v) is 4.65. The summed E-state index contributed by atoms with van der Waals surface area (Å²) in [4.78, 5) is 25.7. The summed E-state index contributed by atoms with van der Waals surface area (Å²) in [7, 11) is 0. The van der Waals surface area contributed by atoms with E-state index in [1.54, 1.807) is 0 Å². The van der Waals surface area contributed by atoms with Crippen molar-refractivity contribution in [2.45, 2.75) is 76.8 Å². The number of rotatable bonds is 4. The molecule has 0 aromatic heterocycles. The van der Waals surface area contributed by atoms with Gasteiger partial charge >= 0.3 is 0 Å². The lowest BCUT2D eigenvalue weighted by molar-refractivity contribution is -0.135. The zero-order chi connectivity index (χ0) is 13.9. The van der Waals surface area contributed by atoms with Crippen LogP contribution < -0.4 is 5.32 Å². The molecule has 2 amide bonds. The molecule has 4 nitrogen and oxygen atoms in total. The summed E-state index contributed by atoms with van der Waals surface area (Å²) >= 11 is 0. The lowest BCUT2D eigenvalue weighted by atomic mass is 9.93. The van der Waals surface area contributed by atoms with Crippen molar-refractivity contribution in [3.8, 4) is 0 Å². The average Bonchev–Trinajstić information content (AvgIpc) is 2.76. The van der Waals surface area contributed by atoms with Crippen LogP contribution in [0.25, 0.3) is 0 Å². The monoisotopic (exact) mass is 266 g/mol. The van der Waals surface area contributed by atoms with Gasteiger partial charge in [0.25, 0.3) is 0 Å². The summed E-state index contributed by atoms with van der Waals surface area (Å²) in [6.45, 7) is 5.13. The minimum atomic E-state index is -0.162. The summed E-state index contributed by atoms with van der Waals surface area (Å²) in [5.74, 6) is 0.397. The van der Waals surface area contributed by atoms with Crippen LogP contribution in [-0.2, 0) is 9.59 Å². The van der Waals surface area contributed by atoms with Crippen LogP contribution in [0, 0.1) is 0 Å². The Labute approximate surface area is 115 Å². The first-order valence-electron chi connectivity index (χ1n) is 7.64. The molecule has 0 spiro atoms. The summed E-state index contributed by atoms with van der Waals surface area (Å²) in [6, 6.07) is 0.437. The zero-order valence-corrected chi connectivity index (χ0v) is 12.2. The topological polar surface area (TPSA) is 49.4 Å². The number of likely N-dealkylation sites (tertiary alicyclic amines) is 1. The quantitative estimate of drug-likeness (QED) is 0.848. The predicted molar refractivity (Wildman–Crippen MR) is 74.7 cm³/mol. The summed E-state index contributed by atoms with van der Waals surface area (Å²) in [5, 5.41) is 3.00. The minimum Gasteiger partial charge on any atom is -0.351 e. The van der Waals surface area contributed by atoms with E-state index < -0.39 is 0 Å². The van der Waals surface area contributed by atoms with Crippen molar-refractivity contribution in [2.24, 2.45) is 0 Å². The molecule has 0 saturated carbocycles. The maximum absolute atomic E-state index is 12.4. The maximum Gasteiger partial charge on any atom is 0.222 e. The molecule has 2 unspecified atom stereocenters. The third kappa shape index (κ3) is 3.48. The Morgan fingerprint density at radius 3 is 2.89 bits per heavy atom. The SMILES string of the molecule is CCC1CCCCN1C(=O)CCC1(C)CCC(=O)N1. The van der Waals surface area contributed by atoms with Gasteiger partial charge in [0.1, 0.15) is 0 Å². The van der Waals surface area contributed by atoms with Gasteiger partial charge in [-0.05, 0) is 45.4 Å². The highest BCUT2D eigenvalue weighted by Crippen LogP contribution is 2.26. The lowest BCUT2D eigenvalue weighted by Gasteiger charge is -2.36. The van der Waals surface area contributed by atoms with E-state index >= 15 is 0 Å². The summed E-state index contributed by atoms with van der Waals surface area (Å²) in [5.41, 5.74) is -0.162. The van der Waals surface area contributed by atoms with E-state index in [0.29, 0.717) is 18.9 Å². The van der Waals surface area contributed by atoms with Gasteiger partial charge in [-0.3, -0.25) is 9.59 Å². The van der Waals surface area contributed by atoms with E-state index in [9.17, 15) is 9.59 Å². The molecule has 2 atom stereocenters. The fourth-order valence-corrected chi connectivity index (χ4v) is 3.32. The second-order valence-electron chi connectivity index (χ2n) is 6.25. The van der Waals surface area contributed by atoms with Crippen molar-refractivity contribution in [1.82, 2.24) is 10.2 Å².